The van der Waals surface area contributed by atoms with E-state index in [-0.39, 0.29) is 30.6 Å². The van der Waals surface area contributed by atoms with Gasteiger partial charge in [-0.1, -0.05) is 26.0 Å². The molecule has 3 aromatic rings. The van der Waals surface area contributed by atoms with Gasteiger partial charge in [-0.25, -0.2) is 14.4 Å². The molecule has 2 N–H and O–H groups in total. The minimum atomic E-state index is -0.886. The van der Waals surface area contributed by atoms with Crippen molar-refractivity contribution in [2.45, 2.75) is 26.4 Å². The molecule has 0 aliphatic heterocycles. The van der Waals surface area contributed by atoms with Crippen molar-refractivity contribution in [1.82, 2.24) is 25.1 Å². The fourth-order valence-electron chi connectivity index (χ4n) is 2.79. The summed E-state index contributed by atoms with van der Waals surface area (Å²) >= 11 is 1.39. The van der Waals surface area contributed by atoms with Crippen LogP contribution in [0, 0.1) is 11.7 Å². The second-order valence-corrected chi connectivity index (χ2v) is 7.77. The van der Waals surface area contributed by atoms with E-state index in [0.29, 0.717) is 28.6 Å². The van der Waals surface area contributed by atoms with Crippen LogP contribution in [-0.4, -0.2) is 49.2 Å². The van der Waals surface area contributed by atoms with E-state index in [4.69, 9.17) is 0 Å². The number of hydrogen-bond acceptors (Lipinski definition) is 6. The van der Waals surface area contributed by atoms with Crippen molar-refractivity contribution in [2.75, 3.05) is 13.1 Å². The lowest BCUT2D eigenvalue weighted by Crippen LogP contribution is -2.38. The Hall–Kier alpha value is -2.65. The van der Waals surface area contributed by atoms with Gasteiger partial charge in [-0.3, -0.25) is 9.89 Å². The first-order valence-corrected chi connectivity index (χ1v) is 9.81. The average molecular weight is 403 g/mol. The van der Waals surface area contributed by atoms with Gasteiger partial charge in [0, 0.05) is 11.9 Å². The molecule has 0 saturated heterocycles. The van der Waals surface area contributed by atoms with Crippen LogP contribution < -0.4 is 0 Å². The van der Waals surface area contributed by atoms with Crippen LogP contribution in [0.5, 0.6) is 0 Å². The van der Waals surface area contributed by atoms with E-state index >= 15 is 0 Å². The Morgan fingerprint density at radius 1 is 1.29 bits per heavy atom. The summed E-state index contributed by atoms with van der Waals surface area (Å²) in [5.41, 5.74) is 1.22. The smallest absolute Gasteiger partial charge is 0.228 e. The van der Waals surface area contributed by atoms with Crippen molar-refractivity contribution in [3.63, 3.8) is 0 Å². The maximum atomic E-state index is 13.1. The van der Waals surface area contributed by atoms with Crippen LogP contribution in [0.2, 0.25) is 0 Å². The zero-order chi connectivity index (χ0) is 20.1. The van der Waals surface area contributed by atoms with Crippen LogP contribution in [0.3, 0.4) is 0 Å². The van der Waals surface area contributed by atoms with Gasteiger partial charge in [0.15, 0.2) is 10.8 Å². The molecule has 0 aliphatic carbocycles. The number of H-pyrrole nitrogens is 1. The molecule has 0 radical (unpaired) electrons. The number of benzene rings is 1. The Kier molecular flexibility index (Phi) is 6.48. The third-order valence-corrected chi connectivity index (χ3v) is 4.99. The molecule has 148 valence electrons. The van der Waals surface area contributed by atoms with Crippen molar-refractivity contribution < 1.29 is 14.3 Å². The normalized spacial score (nSPS) is 12.3. The highest BCUT2D eigenvalue weighted by atomic mass is 32.1. The predicted octanol–water partition coefficient (Wildman–Crippen LogP) is 2.83. The number of hydrogen-bond donors (Lipinski definition) is 2. The predicted molar refractivity (Wildman–Crippen MR) is 104 cm³/mol. The standard InChI is InChI=1S/C19H22FN5O2S/c1-12(2)8-25(9-16(26)13-3-5-14(20)6-4-13)17(27)7-15-10-28-19(23-15)18-21-11-22-24-18/h3-6,10-12,16,26H,7-9H2,1-2H3,(H,21,22,24). The fraction of sp³-hybridized carbons (Fsp3) is 0.368. The third kappa shape index (κ3) is 5.20. The van der Waals surface area contributed by atoms with Crippen LogP contribution in [-0.2, 0) is 11.2 Å². The zero-order valence-electron chi connectivity index (χ0n) is 15.7. The number of nitrogens with one attached hydrogen (secondary N) is 1. The summed E-state index contributed by atoms with van der Waals surface area (Å²) in [5, 5.41) is 19.5. The van der Waals surface area contributed by atoms with E-state index in [1.165, 1.54) is 41.9 Å². The number of nitrogens with zero attached hydrogens (tertiary/aromatic N) is 4. The molecular formula is C19H22FN5O2S. The van der Waals surface area contributed by atoms with Gasteiger partial charge >= 0.3 is 0 Å². The molecule has 0 spiro atoms. The number of halogens is 1. The SMILES string of the molecule is CC(C)CN(CC(O)c1ccc(F)cc1)C(=O)Cc1csc(-c2ncn[nH]2)n1. The maximum absolute atomic E-state index is 13.1. The Labute approximate surface area is 166 Å². The van der Waals surface area contributed by atoms with Gasteiger partial charge in [0.25, 0.3) is 0 Å². The number of thiazole rings is 1. The largest absolute Gasteiger partial charge is 0.387 e. The van der Waals surface area contributed by atoms with Gasteiger partial charge in [-0.2, -0.15) is 5.10 Å². The first-order valence-electron chi connectivity index (χ1n) is 8.94. The molecule has 28 heavy (non-hydrogen) atoms. The van der Waals surface area contributed by atoms with E-state index in [1.807, 2.05) is 19.2 Å². The molecule has 1 aromatic carbocycles. The molecule has 1 amide bonds. The van der Waals surface area contributed by atoms with E-state index < -0.39 is 6.10 Å². The van der Waals surface area contributed by atoms with Crippen LogP contribution >= 0.6 is 11.3 Å². The summed E-state index contributed by atoms with van der Waals surface area (Å²) in [7, 11) is 0. The van der Waals surface area contributed by atoms with Crippen LogP contribution in [0.25, 0.3) is 10.8 Å². The van der Waals surface area contributed by atoms with Crippen molar-refractivity contribution >= 4 is 17.2 Å². The van der Waals surface area contributed by atoms with Gasteiger partial charge in [-0.15, -0.1) is 11.3 Å². The highest BCUT2D eigenvalue weighted by Crippen LogP contribution is 2.21. The Morgan fingerprint density at radius 3 is 2.68 bits per heavy atom. The first kappa shape index (κ1) is 20.1. The molecule has 1 unspecified atom stereocenters. The van der Waals surface area contributed by atoms with Gasteiger partial charge in [0.05, 0.1) is 24.8 Å². The molecule has 9 heteroatoms. The number of aliphatic hydroxyl groups is 1. The topological polar surface area (TPSA) is 95.0 Å². The molecular weight excluding hydrogens is 381 g/mol. The fourth-order valence-corrected chi connectivity index (χ4v) is 3.55. The molecule has 0 saturated carbocycles. The molecule has 0 aliphatic rings. The lowest BCUT2D eigenvalue weighted by Gasteiger charge is -2.27. The summed E-state index contributed by atoms with van der Waals surface area (Å²) in [5.74, 6) is 0.320. The molecule has 1 atom stereocenters. The number of aromatic amines is 1. The number of rotatable bonds is 8. The zero-order valence-corrected chi connectivity index (χ0v) is 16.5. The number of aliphatic hydroxyl groups excluding tert-OH is 1. The van der Waals surface area contributed by atoms with Crippen molar-refractivity contribution in [1.29, 1.82) is 0 Å². The monoisotopic (exact) mass is 403 g/mol. The minimum Gasteiger partial charge on any atom is -0.387 e. The molecule has 7 nitrogen and oxygen atoms in total. The van der Waals surface area contributed by atoms with Gasteiger partial charge in [0.1, 0.15) is 12.1 Å². The van der Waals surface area contributed by atoms with Crippen LogP contribution in [0.1, 0.15) is 31.2 Å². The van der Waals surface area contributed by atoms with Crippen molar-refractivity contribution in [2.24, 2.45) is 5.92 Å². The van der Waals surface area contributed by atoms with E-state index in [0.717, 1.165) is 0 Å². The first-order chi connectivity index (χ1) is 13.4. The molecule has 2 aromatic heterocycles. The molecule has 2 heterocycles. The highest BCUT2D eigenvalue weighted by molar-refractivity contribution is 7.13. The Bertz CT molecular complexity index is 895. The second-order valence-electron chi connectivity index (χ2n) is 6.91. The average Bonchev–Trinajstić information content (AvgIpc) is 3.32. The Balaban J connectivity index is 1.68. The Morgan fingerprint density at radius 2 is 2.04 bits per heavy atom. The van der Waals surface area contributed by atoms with Gasteiger partial charge in [0.2, 0.25) is 5.91 Å². The van der Waals surface area contributed by atoms with Crippen LogP contribution in [0.15, 0.2) is 36.0 Å². The second kappa shape index (κ2) is 9.03. The number of aromatic nitrogens is 4. The number of carbonyl (C=O) groups excluding carboxylic acids is 1. The minimum absolute atomic E-state index is 0.121. The summed E-state index contributed by atoms with van der Waals surface area (Å²) < 4.78 is 13.1. The van der Waals surface area contributed by atoms with E-state index in [2.05, 4.69) is 20.2 Å². The van der Waals surface area contributed by atoms with E-state index in [9.17, 15) is 14.3 Å². The summed E-state index contributed by atoms with van der Waals surface area (Å²) in [6, 6.07) is 5.66. The van der Waals surface area contributed by atoms with Crippen LogP contribution in [0.4, 0.5) is 4.39 Å². The summed E-state index contributed by atoms with van der Waals surface area (Å²) in [6.45, 7) is 4.67. The highest BCUT2D eigenvalue weighted by Gasteiger charge is 2.21. The van der Waals surface area contributed by atoms with Crippen molar-refractivity contribution in [3.05, 3.63) is 53.0 Å². The lowest BCUT2D eigenvalue weighted by molar-refractivity contribution is -0.132. The maximum Gasteiger partial charge on any atom is 0.228 e. The van der Waals surface area contributed by atoms with Crippen molar-refractivity contribution in [3.8, 4) is 10.8 Å². The third-order valence-electron chi connectivity index (χ3n) is 4.09. The number of carbonyl (C=O) groups is 1. The lowest BCUT2D eigenvalue weighted by atomic mass is 10.1. The molecule has 0 fully saturated rings. The van der Waals surface area contributed by atoms with E-state index in [1.54, 1.807) is 4.90 Å². The van der Waals surface area contributed by atoms with Gasteiger partial charge in [-0.05, 0) is 23.6 Å². The molecule has 3 rings (SSSR count). The number of amides is 1. The summed E-state index contributed by atoms with van der Waals surface area (Å²) in [4.78, 5) is 23.0. The summed E-state index contributed by atoms with van der Waals surface area (Å²) in [6.07, 6.45) is 0.652. The van der Waals surface area contributed by atoms with Gasteiger partial charge < -0.3 is 10.0 Å². The quantitative estimate of drug-likeness (QED) is 0.603. The molecule has 0 bridgehead atoms.